The molecule has 0 saturated carbocycles. The number of halogens is 6. The average molecular weight is 465 g/mol. The summed E-state index contributed by atoms with van der Waals surface area (Å²) >= 11 is 0. The van der Waals surface area contributed by atoms with Crippen molar-refractivity contribution in [1.29, 1.82) is 0 Å². The minimum absolute atomic E-state index is 0.0540. The number of carbonyl (C=O) groups is 1. The van der Waals surface area contributed by atoms with Crippen LogP contribution in [0.2, 0.25) is 0 Å². The fourth-order valence-electron chi connectivity index (χ4n) is 3.60. The fraction of sp³-hybridized carbons (Fsp3) is 0.240. The van der Waals surface area contributed by atoms with Gasteiger partial charge in [0.05, 0.1) is 22.2 Å². The molecule has 0 aromatic heterocycles. The van der Waals surface area contributed by atoms with Gasteiger partial charge in [-0.2, -0.15) is 26.3 Å². The Kier molecular flexibility index (Phi) is 6.33. The Labute approximate surface area is 187 Å². The van der Waals surface area contributed by atoms with Crippen molar-refractivity contribution < 1.29 is 31.1 Å². The minimum Gasteiger partial charge on any atom is -0.314 e. The van der Waals surface area contributed by atoms with Gasteiger partial charge in [0.2, 0.25) is 5.91 Å². The number of alkyl halides is 6. The lowest BCUT2D eigenvalue weighted by molar-refractivity contribution is -0.143. The van der Waals surface area contributed by atoms with E-state index in [1.807, 2.05) is 30.3 Å². The first-order chi connectivity index (χ1) is 15.2. The zero-order chi connectivity index (χ0) is 24.6. The Balaban J connectivity index is 2.08. The molecule has 2 nitrogen and oxygen atoms in total. The summed E-state index contributed by atoms with van der Waals surface area (Å²) in [4.78, 5) is 14.7. The van der Waals surface area contributed by atoms with Crippen LogP contribution in [-0.4, -0.2) is 13.0 Å². The van der Waals surface area contributed by atoms with Gasteiger partial charge >= 0.3 is 12.4 Å². The standard InChI is InChI=1S/C25H21F6NO/c1-23(2,17-13-18(24(26,27)28)15-19(14-17)25(29,30)31)22(33)32(3)21-12-8-7-11-20(21)16-9-5-4-6-10-16/h4-15H,1-3H3. The Morgan fingerprint density at radius 2 is 1.15 bits per heavy atom. The number of rotatable bonds is 4. The Morgan fingerprint density at radius 1 is 0.697 bits per heavy atom. The molecular formula is C25H21F6NO. The molecule has 0 N–H and O–H groups in total. The number of carbonyl (C=O) groups excluding carboxylic acids is 1. The first-order valence-corrected chi connectivity index (χ1v) is 9.95. The lowest BCUT2D eigenvalue weighted by Gasteiger charge is -2.32. The Hall–Kier alpha value is -3.29. The van der Waals surface area contributed by atoms with E-state index in [1.165, 1.54) is 25.8 Å². The Bertz CT molecular complexity index is 1120. The molecule has 0 saturated heterocycles. The van der Waals surface area contributed by atoms with Crippen molar-refractivity contribution in [3.8, 4) is 11.1 Å². The summed E-state index contributed by atoms with van der Waals surface area (Å²) in [7, 11) is 1.45. The molecule has 174 valence electrons. The van der Waals surface area contributed by atoms with Gasteiger partial charge in [0.15, 0.2) is 0 Å². The van der Waals surface area contributed by atoms with E-state index in [-0.39, 0.29) is 11.6 Å². The van der Waals surface area contributed by atoms with Crippen LogP contribution in [-0.2, 0) is 22.6 Å². The number of nitrogens with zero attached hydrogens (tertiary/aromatic N) is 1. The third-order valence-corrected chi connectivity index (χ3v) is 5.50. The van der Waals surface area contributed by atoms with E-state index in [2.05, 4.69) is 0 Å². The molecule has 3 rings (SSSR count). The van der Waals surface area contributed by atoms with E-state index in [4.69, 9.17) is 0 Å². The molecule has 0 bridgehead atoms. The summed E-state index contributed by atoms with van der Waals surface area (Å²) in [6, 6.07) is 17.3. The van der Waals surface area contributed by atoms with Crippen LogP contribution in [0.3, 0.4) is 0 Å². The van der Waals surface area contributed by atoms with E-state index in [1.54, 1.807) is 24.3 Å². The summed E-state index contributed by atoms with van der Waals surface area (Å²) in [6.07, 6.45) is -10.00. The van der Waals surface area contributed by atoms with Crippen LogP contribution >= 0.6 is 0 Å². The van der Waals surface area contributed by atoms with Gasteiger partial charge in [0.1, 0.15) is 0 Å². The average Bonchev–Trinajstić information content (AvgIpc) is 2.77. The van der Waals surface area contributed by atoms with Crippen molar-refractivity contribution >= 4 is 11.6 Å². The molecule has 33 heavy (non-hydrogen) atoms. The maximum absolute atomic E-state index is 13.4. The molecule has 3 aromatic carbocycles. The molecule has 1 amide bonds. The van der Waals surface area contributed by atoms with Crippen LogP contribution in [0.25, 0.3) is 11.1 Å². The van der Waals surface area contributed by atoms with E-state index < -0.39 is 34.8 Å². The number of benzene rings is 3. The lowest BCUT2D eigenvalue weighted by atomic mass is 9.81. The summed E-state index contributed by atoms with van der Waals surface area (Å²) < 4.78 is 80.0. The molecule has 0 aliphatic rings. The van der Waals surface area contributed by atoms with Crippen molar-refractivity contribution in [2.24, 2.45) is 0 Å². The summed E-state index contributed by atoms with van der Waals surface area (Å²) in [5.41, 5.74) is -2.99. The number of hydrogen-bond donors (Lipinski definition) is 0. The maximum atomic E-state index is 13.4. The van der Waals surface area contributed by atoms with Gasteiger partial charge in [-0.3, -0.25) is 4.79 Å². The molecule has 8 heteroatoms. The molecule has 0 atom stereocenters. The van der Waals surface area contributed by atoms with Crippen LogP contribution in [0.4, 0.5) is 32.0 Å². The normalized spacial score (nSPS) is 12.5. The van der Waals surface area contributed by atoms with Crippen LogP contribution < -0.4 is 4.90 Å². The molecule has 0 heterocycles. The van der Waals surface area contributed by atoms with Gasteiger partial charge in [-0.25, -0.2) is 0 Å². The van der Waals surface area contributed by atoms with Gasteiger partial charge in [-0.05, 0) is 49.2 Å². The third kappa shape index (κ3) is 5.05. The van der Waals surface area contributed by atoms with Crippen molar-refractivity contribution in [1.82, 2.24) is 0 Å². The highest BCUT2D eigenvalue weighted by Crippen LogP contribution is 2.40. The SMILES string of the molecule is CN(C(=O)C(C)(C)c1cc(C(F)(F)F)cc(C(F)(F)F)c1)c1ccccc1-c1ccccc1. The topological polar surface area (TPSA) is 20.3 Å². The van der Waals surface area contributed by atoms with Crippen molar-refractivity contribution in [3.63, 3.8) is 0 Å². The number of hydrogen-bond acceptors (Lipinski definition) is 1. The zero-order valence-corrected chi connectivity index (χ0v) is 18.1. The maximum Gasteiger partial charge on any atom is 0.416 e. The van der Waals surface area contributed by atoms with Crippen LogP contribution in [0, 0.1) is 0 Å². The highest BCUT2D eigenvalue weighted by Gasteiger charge is 2.41. The first kappa shape index (κ1) is 24.4. The van der Waals surface area contributed by atoms with Gasteiger partial charge in [0.25, 0.3) is 0 Å². The first-order valence-electron chi connectivity index (χ1n) is 9.95. The fourth-order valence-corrected chi connectivity index (χ4v) is 3.60. The smallest absolute Gasteiger partial charge is 0.314 e. The lowest BCUT2D eigenvalue weighted by Crippen LogP contribution is -2.42. The predicted octanol–water partition coefficient (Wildman–Crippen LogP) is 7.33. The summed E-state index contributed by atoms with van der Waals surface area (Å²) in [6.45, 7) is 2.62. The van der Waals surface area contributed by atoms with Gasteiger partial charge in [-0.1, -0.05) is 48.5 Å². The van der Waals surface area contributed by atoms with E-state index in [0.29, 0.717) is 23.4 Å². The second kappa shape index (κ2) is 8.57. The van der Waals surface area contributed by atoms with Gasteiger partial charge < -0.3 is 4.90 Å². The van der Waals surface area contributed by atoms with Crippen LogP contribution in [0.5, 0.6) is 0 Å². The second-order valence-electron chi connectivity index (χ2n) is 8.17. The third-order valence-electron chi connectivity index (χ3n) is 5.50. The van der Waals surface area contributed by atoms with Crippen molar-refractivity contribution in [2.75, 3.05) is 11.9 Å². The monoisotopic (exact) mass is 465 g/mol. The van der Waals surface area contributed by atoms with Gasteiger partial charge in [-0.15, -0.1) is 0 Å². The highest BCUT2D eigenvalue weighted by atomic mass is 19.4. The molecule has 0 aliphatic heterocycles. The number of para-hydroxylation sites is 1. The second-order valence-corrected chi connectivity index (χ2v) is 8.17. The van der Waals surface area contributed by atoms with E-state index in [0.717, 1.165) is 5.56 Å². The van der Waals surface area contributed by atoms with Crippen LogP contribution in [0.15, 0.2) is 72.8 Å². The zero-order valence-electron chi connectivity index (χ0n) is 18.1. The van der Waals surface area contributed by atoms with E-state index in [9.17, 15) is 31.1 Å². The van der Waals surface area contributed by atoms with Gasteiger partial charge in [0, 0.05) is 12.6 Å². The number of amides is 1. The molecule has 0 aliphatic carbocycles. The van der Waals surface area contributed by atoms with Crippen LogP contribution in [0.1, 0.15) is 30.5 Å². The van der Waals surface area contributed by atoms with Crippen molar-refractivity contribution in [2.45, 2.75) is 31.6 Å². The summed E-state index contributed by atoms with van der Waals surface area (Å²) in [5, 5.41) is 0. The minimum atomic E-state index is -5.00. The molecule has 0 radical (unpaired) electrons. The van der Waals surface area contributed by atoms with Crippen molar-refractivity contribution in [3.05, 3.63) is 89.5 Å². The number of anilines is 1. The predicted molar refractivity (Wildman–Crippen MR) is 115 cm³/mol. The molecule has 0 unspecified atom stereocenters. The quantitative estimate of drug-likeness (QED) is 0.370. The molecule has 3 aromatic rings. The Morgan fingerprint density at radius 3 is 1.67 bits per heavy atom. The summed E-state index contributed by atoms with van der Waals surface area (Å²) in [5.74, 6) is -0.654. The number of likely N-dealkylation sites (N-methyl/N-ethyl adjacent to an activating group) is 1. The highest BCUT2D eigenvalue weighted by molar-refractivity contribution is 6.03. The molecular weight excluding hydrogens is 444 g/mol. The molecule has 0 spiro atoms. The molecule has 0 fully saturated rings. The van der Waals surface area contributed by atoms with E-state index >= 15 is 0 Å². The largest absolute Gasteiger partial charge is 0.416 e.